The molecule has 0 fully saturated rings. The number of aryl methyl sites for hydroxylation is 1. The molecule has 3 N–H and O–H groups in total. The first-order chi connectivity index (χ1) is 18.2. The molecule has 0 bridgehead atoms. The number of imidazole rings is 1. The first-order valence-electron chi connectivity index (χ1n) is 11.6. The van der Waals surface area contributed by atoms with Crippen molar-refractivity contribution < 1.29 is 39.6 Å². The molecule has 1 atom stereocenters. The van der Waals surface area contributed by atoms with Gasteiger partial charge in [0.25, 0.3) is 10.0 Å². The zero-order valence-electron chi connectivity index (χ0n) is 20.4. The lowest BCUT2D eigenvalue weighted by molar-refractivity contribution is -0.148. The Morgan fingerprint density at radius 2 is 1.72 bits per heavy atom. The van der Waals surface area contributed by atoms with E-state index in [1.165, 1.54) is 29.2 Å². The van der Waals surface area contributed by atoms with E-state index < -0.39 is 63.8 Å². The number of hydrogen-bond acceptors (Lipinski definition) is 5. The van der Waals surface area contributed by atoms with Gasteiger partial charge in [0.2, 0.25) is 11.7 Å². The molecule has 15 heteroatoms. The Morgan fingerprint density at radius 1 is 1.08 bits per heavy atom. The standard InChI is InChI=1S/C24H23F6N5O3S/c1-13-2-4-16(5-3-13)39(37,38)33-22-20-12-34(6-7-35(20)23(32-22)24(28,29)30)21(36)10-15(31)8-14-9-18(26)19(27)11-17(14)25/h2-5,9,11,15,33H,6-8,10,12,31H2,1H3/t15-/m1/s1. The molecule has 1 aliphatic heterocycles. The smallest absolute Gasteiger partial charge is 0.335 e. The summed E-state index contributed by atoms with van der Waals surface area (Å²) in [6.07, 6.45) is -5.59. The first-order valence-corrected chi connectivity index (χ1v) is 13.1. The molecular weight excluding hydrogens is 552 g/mol. The second kappa shape index (κ2) is 10.5. The van der Waals surface area contributed by atoms with Crippen LogP contribution in [0, 0.1) is 24.4 Å². The number of alkyl halides is 3. The fourth-order valence-corrected chi connectivity index (χ4v) is 5.24. The number of fused-ring (bicyclic) bond motifs is 1. The number of halogens is 6. The predicted octanol–water partition coefficient (Wildman–Crippen LogP) is 3.73. The van der Waals surface area contributed by atoms with Gasteiger partial charge in [-0.25, -0.2) is 26.6 Å². The molecule has 1 aromatic heterocycles. The van der Waals surface area contributed by atoms with E-state index in [0.29, 0.717) is 12.1 Å². The molecule has 1 amide bonds. The lowest BCUT2D eigenvalue weighted by Gasteiger charge is -2.30. The molecule has 0 saturated heterocycles. The summed E-state index contributed by atoms with van der Waals surface area (Å²) in [5.74, 6) is -6.21. The van der Waals surface area contributed by atoms with Crippen molar-refractivity contribution in [2.75, 3.05) is 11.3 Å². The van der Waals surface area contributed by atoms with Crippen LogP contribution in [-0.2, 0) is 40.5 Å². The van der Waals surface area contributed by atoms with Crippen molar-refractivity contribution in [3.05, 3.63) is 76.5 Å². The number of carbonyl (C=O) groups is 1. The molecule has 4 rings (SSSR count). The van der Waals surface area contributed by atoms with Crippen LogP contribution in [-0.4, -0.2) is 41.4 Å². The summed E-state index contributed by atoms with van der Waals surface area (Å²) < 4.78 is 110. The number of nitrogens with one attached hydrogen (secondary N) is 1. The van der Waals surface area contributed by atoms with Crippen LogP contribution < -0.4 is 10.5 Å². The van der Waals surface area contributed by atoms with Crippen LogP contribution in [0.1, 0.15) is 29.1 Å². The van der Waals surface area contributed by atoms with Gasteiger partial charge in [-0.15, -0.1) is 0 Å². The van der Waals surface area contributed by atoms with Crippen molar-refractivity contribution in [1.82, 2.24) is 14.5 Å². The number of aromatic nitrogens is 2. The zero-order chi connectivity index (χ0) is 28.7. The van der Waals surface area contributed by atoms with Gasteiger partial charge < -0.3 is 15.2 Å². The summed E-state index contributed by atoms with van der Waals surface area (Å²) in [4.78, 5) is 17.4. The number of anilines is 1. The quantitative estimate of drug-likeness (QED) is 0.330. The van der Waals surface area contributed by atoms with Crippen LogP contribution in [0.5, 0.6) is 0 Å². The first kappa shape index (κ1) is 28.4. The van der Waals surface area contributed by atoms with Crippen LogP contribution >= 0.6 is 0 Å². The van der Waals surface area contributed by atoms with Gasteiger partial charge in [-0.05, 0) is 37.1 Å². The molecule has 0 aliphatic carbocycles. The summed E-state index contributed by atoms with van der Waals surface area (Å²) >= 11 is 0. The fourth-order valence-electron chi connectivity index (χ4n) is 4.21. The topological polar surface area (TPSA) is 110 Å². The molecule has 39 heavy (non-hydrogen) atoms. The highest BCUT2D eigenvalue weighted by molar-refractivity contribution is 7.92. The third-order valence-corrected chi connectivity index (χ3v) is 7.54. The van der Waals surface area contributed by atoms with E-state index in [1.807, 2.05) is 0 Å². The number of carbonyl (C=O) groups excluding carboxylic acids is 1. The highest BCUT2D eigenvalue weighted by atomic mass is 32.2. The van der Waals surface area contributed by atoms with Crippen molar-refractivity contribution in [2.24, 2.45) is 5.73 Å². The molecule has 2 aromatic carbocycles. The number of nitrogens with zero attached hydrogens (tertiary/aromatic N) is 3. The molecule has 8 nitrogen and oxygen atoms in total. The van der Waals surface area contributed by atoms with Crippen molar-refractivity contribution in [2.45, 2.75) is 50.0 Å². The molecule has 210 valence electrons. The maximum absolute atomic E-state index is 14.0. The van der Waals surface area contributed by atoms with E-state index in [2.05, 4.69) is 9.71 Å². The molecular formula is C24H23F6N5O3S. The highest BCUT2D eigenvalue weighted by Crippen LogP contribution is 2.35. The van der Waals surface area contributed by atoms with Crippen molar-refractivity contribution >= 4 is 21.7 Å². The SMILES string of the molecule is Cc1ccc(S(=O)(=O)Nc2nc(C(F)(F)F)n3c2CN(C(=O)C[C@H](N)Cc2cc(F)c(F)cc2F)CC3)cc1. The number of benzene rings is 2. The summed E-state index contributed by atoms with van der Waals surface area (Å²) in [7, 11) is -4.31. The summed E-state index contributed by atoms with van der Waals surface area (Å²) in [5, 5.41) is 0. The molecule has 0 unspecified atom stereocenters. The number of hydrogen-bond donors (Lipinski definition) is 2. The Labute approximate surface area is 219 Å². The fraction of sp³-hybridized carbons (Fsp3) is 0.333. The van der Waals surface area contributed by atoms with Crippen LogP contribution in [0.15, 0.2) is 41.3 Å². The lowest BCUT2D eigenvalue weighted by Crippen LogP contribution is -2.42. The maximum atomic E-state index is 14.0. The van der Waals surface area contributed by atoms with Gasteiger partial charge >= 0.3 is 6.18 Å². The van der Waals surface area contributed by atoms with E-state index in [-0.39, 0.29) is 42.1 Å². The van der Waals surface area contributed by atoms with Crippen molar-refractivity contribution in [1.29, 1.82) is 0 Å². The summed E-state index contributed by atoms with van der Waals surface area (Å²) in [5.41, 5.74) is 6.27. The molecule has 0 radical (unpaired) electrons. The van der Waals surface area contributed by atoms with E-state index in [0.717, 1.165) is 10.1 Å². The van der Waals surface area contributed by atoms with Crippen LogP contribution in [0.2, 0.25) is 0 Å². The second-order valence-corrected chi connectivity index (χ2v) is 10.8. The van der Waals surface area contributed by atoms with E-state index in [1.54, 1.807) is 6.92 Å². The van der Waals surface area contributed by atoms with Gasteiger partial charge in [0.1, 0.15) is 5.82 Å². The summed E-state index contributed by atoms with van der Waals surface area (Å²) in [6, 6.07) is 5.61. The number of amides is 1. The Bertz CT molecular complexity index is 1510. The minimum atomic E-state index is -4.90. The number of sulfonamides is 1. The van der Waals surface area contributed by atoms with Gasteiger partial charge in [0, 0.05) is 31.6 Å². The van der Waals surface area contributed by atoms with Crippen LogP contribution in [0.3, 0.4) is 0 Å². The van der Waals surface area contributed by atoms with Crippen LogP contribution in [0.25, 0.3) is 0 Å². The molecule has 1 aliphatic rings. The minimum Gasteiger partial charge on any atom is -0.335 e. The van der Waals surface area contributed by atoms with Gasteiger partial charge in [-0.2, -0.15) is 13.2 Å². The Hall–Kier alpha value is -3.59. The average Bonchev–Trinajstić information content (AvgIpc) is 3.20. The lowest BCUT2D eigenvalue weighted by atomic mass is 10.0. The number of nitrogens with two attached hydrogens (primary N) is 1. The van der Waals surface area contributed by atoms with Crippen LogP contribution in [0.4, 0.5) is 32.2 Å². The Morgan fingerprint density at radius 3 is 2.36 bits per heavy atom. The Balaban J connectivity index is 1.55. The monoisotopic (exact) mass is 575 g/mol. The highest BCUT2D eigenvalue weighted by Gasteiger charge is 2.41. The maximum Gasteiger partial charge on any atom is 0.449 e. The normalized spacial score (nSPS) is 14.7. The van der Waals surface area contributed by atoms with Gasteiger partial charge in [-0.1, -0.05) is 17.7 Å². The van der Waals surface area contributed by atoms with Gasteiger partial charge in [0.15, 0.2) is 17.5 Å². The summed E-state index contributed by atoms with van der Waals surface area (Å²) in [6.45, 7) is 0.820. The second-order valence-electron chi connectivity index (χ2n) is 9.14. The third-order valence-electron chi connectivity index (χ3n) is 6.18. The largest absolute Gasteiger partial charge is 0.449 e. The molecule has 0 spiro atoms. The number of rotatable bonds is 7. The third kappa shape index (κ3) is 6.19. The molecule has 3 aromatic rings. The predicted molar refractivity (Wildman–Crippen MR) is 127 cm³/mol. The Kier molecular flexibility index (Phi) is 7.67. The van der Waals surface area contributed by atoms with E-state index in [4.69, 9.17) is 5.73 Å². The molecule has 0 saturated carbocycles. The van der Waals surface area contributed by atoms with Crippen molar-refractivity contribution in [3.8, 4) is 0 Å². The zero-order valence-corrected chi connectivity index (χ0v) is 21.2. The van der Waals surface area contributed by atoms with Gasteiger partial charge in [0.05, 0.1) is 17.1 Å². The molecule has 2 heterocycles. The average molecular weight is 576 g/mol. The van der Waals surface area contributed by atoms with Crippen molar-refractivity contribution in [3.63, 3.8) is 0 Å². The van der Waals surface area contributed by atoms with E-state index >= 15 is 0 Å². The van der Waals surface area contributed by atoms with E-state index in [9.17, 15) is 39.6 Å². The van der Waals surface area contributed by atoms with Gasteiger partial charge in [-0.3, -0.25) is 9.52 Å². The minimum absolute atomic E-state index is 0.165.